The van der Waals surface area contributed by atoms with Crippen molar-refractivity contribution in [3.63, 3.8) is 0 Å². The summed E-state index contributed by atoms with van der Waals surface area (Å²) in [7, 11) is -2.31. The number of aromatic hydroxyl groups is 1. The molecule has 1 aliphatic heterocycles. The molecule has 1 aromatic carbocycles. The molecule has 1 aromatic rings. The highest BCUT2D eigenvalue weighted by molar-refractivity contribution is 8.00. The van der Waals surface area contributed by atoms with E-state index < -0.39 is 9.52 Å². The summed E-state index contributed by atoms with van der Waals surface area (Å²) in [5, 5.41) is 9.12. The van der Waals surface area contributed by atoms with E-state index in [0.29, 0.717) is 10.6 Å². The molecule has 1 heterocycles. The fourth-order valence-corrected chi connectivity index (χ4v) is 2.40. The Morgan fingerprint density at radius 1 is 1.58 bits per heavy atom. The largest absolute Gasteiger partial charge is 0.508 e. The van der Waals surface area contributed by atoms with E-state index in [9.17, 15) is 4.21 Å². The second-order valence-corrected chi connectivity index (χ2v) is 5.00. The summed E-state index contributed by atoms with van der Waals surface area (Å²) in [6.45, 7) is 0. The van der Waals surface area contributed by atoms with Gasteiger partial charge in [-0.25, -0.2) is 0 Å². The van der Waals surface area contributed by atoms with E-state index in [1.165, 1.54) is 12.1 Å². The van der Waals surface area contributed by atoms with Crippen LogP contribution in [0.25, 0.3) is 0 Å². The zero-order valence-corrected chi connectivity index (χ0v) is 7.13. The summed E-state index contributed by atoms with van der Waals surface area (Å²) in [5.41, 5.74) is 0. The van der Waals surface area contributed by atoms with Crippen LogP contribution < -0.4 is 4.74 Å². The summed E-state index contributed by atoms with van der Waals surface area (Å²) in [6.07, 6.45) is 0. The van der Waals surface area contributed by atoms with Gasteiger partial charge in [-0.2, -0.15) is 0 Å². The molecule has 0 fully saturated rings. The first-order chi connectivity index (χ1) is 5.59. The molecule has 2 rings (SSSR count). The second-order valence-electron chi connectivity index (χ2n) is 2.71. The maximum absolute atomic E-state index is 11.6. The SMILES string of the molecule is C=S1(=O)COc2ccc(O)cc21. The van der Waals surface area contributed by atoms with Crippen LogP contribution in [0.2, 0.25) is 0 Å². The maximum atomic E-state index is 11.6. The fraction of sp³-hybridized carbons (Fsp3) is 0.125. The molecule has 0 saturated heterocycles. The maximum Gasteiger partial charge on any atom is 0.159 e. The van der Waals surface area contributed by atoms with Gasteiger partial charge in [-0.15, -0.1) is 0 Å². The number of benzene rings is 1. The van der Waals surface area contributed by atoms with Crippen molar-refractivity contribution in [2.45, 2.75) is 4.90 Å². The van der Waals surface area contributed by atoms with Gasteiger partial charge in [0.05, 0.1) is 4.90 Å². The molecular weight excluding hydrogens is 176 g/mol. The van der Waals surface area contributed by atoms with Crippen molar-refractivity contribution < 1.29 is 14.1 Å². The van der Waals surface area contributed by atoms with Crippen LogP contribution in [0.3, 0.4) is 0 Å². The van der Waals surface area contributed by atoms with Crippen LogP contribution in [0.5, 0.6) is 11.5 Å². The Balaban J connectivity index is 2.73. The molecule has 0 amide bonds. The highest BCUT2D eigenvalue weighted by atomic mass is 32.2. The molecule has 0 aliphatic carbocycles. The van der Waals surface area contributed by atoms with Crippen LogP contribution >= 0.6 is 0 Å². The number of hydrogen-bond acceptors (Lipinski definition) is 3. The summed E-state index contributed by atoms with van der Waals surface area (Å²) in [5.74, 6) is 4.32. The standard InChI is InChI=1S/C8H8O3S/c1-12(10)5-11-7-3-2-6(9)4-8(7)12/h2-4,9H,1,5H2. The van der Waals surface area contributed by atoms with Crippen molar-refractivity contribution in [1.29, 1.82) is 0 Å². The monoisotopic (exact) mass is 184 g/mol. The predicted molar refractivity (Wildman–Crippen MR) is 47.1 cm³/mol. The number of phenols is 1. The van der Waals surface area contributed by atoms with Crippen LogP contribution in [0.4, 0.5) is 0 Å². The summed E-state index contributed by atoms with van der Waals surface area (Å²) < 4.78 is 16.7. The van der Waals surface area contributed by atoms with E-state index in [0.717, 1.165) is 0 Å². The van der Waals surface area contributed by atoms with Crippen LogP contribution in [-0.2, 0) is 9.52 Å². The third-order valence-corrected chi connectivity index (χ3v) is 3.35. The molecular formula is C8H8O3S. The van der Waals surface area contributed by atoms with Crippen LogP contribution in [-0.4, -0.2) is 21.1 Å². The molecule has 3 nitrogen and oxygen atoms in total. The highest BCUT2D eigenvalue weighted by Gasteiger charge is 2.22. The van der Waals surface area contributed by atoms with Gasteiger partial charge < -0.3 is 9.84 Å². The zero-order chi connectivity index (χ0) is 8.77. The summed E-state index contributed by atoms with van der Waals surface area (Å²) >= 11 is 0. The van der Waals surface area contributed by atoms with E-state index in [1.54, 1.807) is 6.07 Å². The number of ether oxygens (including phenoxy) is 1. The molecule has 12 heavy (non-hydrogen) atoms. The third-order valence-electron chi connectivity index (χ3n) is 1.73. The average Bonchev–Trinajstić information content (AvgIpc) is 2.28. The molecule has 1 atom stereocenters. The first-order valence-electron chi connectivity index (χ1n) is 3.40. The van der Waals surface area contributed by atoms with Crippen molar-refractivity contribution in [2.24, 2.45) is 0 Å². The Morgan fingerprint density at radius 3 is 3.08 bits per heavy atom. The molecule has 1 aliphatic rings. The van der Waals surface area contributed by atoms with Gasteiger partial charge in [0.15, 0.2) is 5.94 Å². The molecule has 0 radical (unpaired) electrons. The summed E-state index contributed by atoms with van der Waals surface area (Å²) in [6, 6.07) is 4.54. The average molecular weight is 184 g/mol. The Morgan fingerprint density at radius 2 is 2.33 bits per heavy atom. The molecule has 1 unspecified atom stereocenters. The molecule has 64 valence electrons. The van der Waals surface area contributed by atoms with Crippen molar-refractivity contribution >= 4 is 15.4 Å². The fourth-order valence-electron chi connectivity index (χ4n) is 1.13. The van der Waals surface area contributed by atoms with Gasteiger partial charge in [-0.05, 0) is 24.1 Å². The Kier molecular flexibility index (Phi) is 1.35. The minimum absolute atomic E-state index is 0.0932. The minimum Gasteiger partial charge on any atom is -0.508 e. The van der Waals surface area contributed by atoms with Crippen LogP contribution in [0.15, 0.2) is 23.1 Å². The van der Waals surface area contributed by atoms with E-state index in [-0.39, 0.29) is 11.7 Å². The summed E-state index contributed by atoms with van der Waals surface area (Å²) in [4.78, 5) is 0.516. The predicted octanol–water partition coefficient (Wildman–Crippen LogP) is 0.817. The van der Waals surface area contributed by atoms with Gasteiger partial charge in [0.2, 0.25) is 0 Å². The van der Waals surface area contributed by atoms with E-state index >= 15 is 0 Å². The van der Waals surface area contributed by atoms with Gasteiger partial charge in [0, 0.05) is 9.52 Å². The molecule has 4 heteroatoms. The van der Waals surface area contributed by atoms with Gasteiger partial charge in [-0.3, -0.25) is 4.21 Å². The van der Waals surface area contributed by atoms with Crippen LogP contribution in [0, 0.1) is 0 Å². The molecule has 0 bridgehead atoms. The Labute approximate surface area is 70.6 Å². The number of rotatable bonds is 0. The van der Waals surface area contributed by atoms with E-state index in [4.69, 9.17) is 9.84 Å². The normalized spacial score (nSPS) is 26.3. The van der Waals surface area contributed by atoms with Gasteiger partial charge in [0.1, 0.15) is 11.5 Å². The van der Waals surface area contributed by atoms with Crippen LogP contribution in [0.1, 0.15) is 0 Å². The third kappa shape index (κ3) is 0.956. The molecule has 0 spiro atoms. The lowest BCUT2D eigenvalue weighted by Crippen LogP contribution is -2.00. The second kappa shape index (κ2) is 2.17. The van der Waals surface area contributed by atoms with Gasteiger partial charge >= 0.3 is 0 Å². The first kappa shape index (κ1) is 7.49. The Bertz CT molecular complexity index is 420. The minimum atomic E-state index is -2.31. The van der Waals surface area contributed by atoms with Crippen molar-refractivity contribution in [2.75, 3.05) is 5.94 Å². The molecule has 0 saturated carbocycles. The first-order valence-corrected chi connectivity index (χ1v) is 5.30. The lowest BCUT2D eigenvalue weighted by molar-refractivity contribution is 0.392. The lowest BCUT2D eigenvalue weighted by Gasteiger charge is -1.97. The highest BCUT2D eigenvalue weighted by Crippen LogP contribution is 2.33. The molecule has 0 aromatic heterocycles. The number of fused-ring (bicyclic) bond motifs is 1. The van der Waals surface area contributed by atoms with Gasteiger partial charge in [-0.1, -0.05) is 0 Å². The number of phenolic OH excluding ortho intramolecular Hbond substituents is 1. The number of hydrogen-bond donors (Lipinski definition) is 1. The van der Waals surface area contributed by atoms with Crippen molar-refractivity contribution in [1.82, 2.24) is 0 Å². The topological polar surface area (TPSA) is 46.5 Å². The van der Waals surface area contributed by atoms with Crippen molar-refractivity contribution in [3.8, 4) is 11.5 Å². The quantitative estimate of drug-likeness (QED) is 0.607. The van der Waals surface area contributed by atoms with E-state index in [2.05, 4.69) is 5.87 Å². The van der Waals surface area contributed by atoms with Crippen molar-refractivity contribution in [3.05, 3.63) is 18.2 Å². The van der Waals surface area contributed by atoms with E-state index in [1.807, 2.05) is 0 Å². The lowest BCUT2D eigenvalue weighted by atomic mass is 10.3. The smallest absolute Gasteiger partial charge is 0.159 e. The van der Waals surface area contributed by atoms with Gasteiger partial charge in [0.25, 0.3) is 0 Å². The molecule has 1 N–H and O–H groups in total. The Hall–Kier alpha value is -1.16. The zero-order valence-electron chi connectivity index (χ0n) is 6.32.